The molecule has 0 bridgehead atoms. The van der Waals surface area contributed by atoms with E-state index in [2.05, 4.69) is 25.0 Å². The molecule has 0 aliphatic carbocycles. The normalized spacial score (nSPS) is 15.3. The number of imidazole rings is 1. The lowest BCUT2D eigenvalue weighted by Gasteiger charge is -2.34. The van der Waals surface area contributed by atoms with E-state index in [1.807, 2.05) is 24.8 Å². The third kappa shape index (κ3) is 8.66. The van der Waals surface area contributed by atoms with E-state index in [0.717, 1.165) is 29.0 Å². The molecule has 4 aromatic rings. The quantitative estimate of drug-likeness (QED) is 0.0950. The van der Waals surface area contributed by atoms with Crippen LogP contribution in [0.3, 0.4) is 0 Å². The van der Waals surface area contributed by atoms with Crippen molar-refractivity contribution in [2.45, 2.75) is 105 Å². The van der Waals surface area contributed by atoms with Crippen molar-refractivity contribution in [2.75, 3.05) is 24.6 Å². The smallest absolute Gasteiger partial charge is 0.421 e. The van der Waals surface area contributed by atoms with E-state index in [-0.39, 0.29) is 41.6 Å². The number of benzene rings is 1. The second-order valence-corrected chi connectivity index (χ2v) is 21.5. The highest BCUT2D eigenvalue weighted by Crippen LogP contribution is 2.25. The van der Waals surface area contributed by atoms with E-state index >= 15 is 0 Å². The molecule has 1 N–H and O–H groups in total. The Balaban J connectivity index is 1.49. The van der Waals surface area contributed by atoms with Crippen molar-refractivity contribution < 1.29 is 23.5 Å². The Morgan fingerprint density at radius 3 is 2.50 bits per heavy atom. The molecule has 0 spiro atoms. The van der Waals surface area contributed by atoms with Crippen LogP contribution in [0.15, 0.2) is 48.6 Å². The van der Waals surface area contributed by atoms with E-state index in [1.54, 1.807) is 37.5 Å². The van der Waals surface area contributed by atoms with Crippen molar-refractivity contribution in [1.82, 2.24) is 28.6 Å². The van der Waals surface area contributed by atoms with Gasteiger partial charge in [0.2, 0.25) is 5.95 Å². The van der Waals surface area contributed by atoms with Crippen LogP contribution in [0.2, 0.25) is 25.7 Å². The predicted octanol–water partition coefficient (Wildman–Crippen LogP) is 4.46. The first-order valence-electron chi connectivity index (χ1n) is 17.7. The molecule has 1 aromatic carbocycles. The van der Waals surface area contributed by atoms with Crippen LogP contribution in [0.4, 0.5) is 10.7 Å². The van der Waals surface area contributed by atoms with Crippen LogP contribution in [0.5, 0.6) is 0 Å². The van der Waals surface area contributed by atoms with Crippen molar-refractivity contribution in [3.05, 3.63) is 66.8 Å². The van der Waals surface area contributed by atoms with Crippen molar-refractivity contribution >= 4 is 48.2 Å². The molecule has 4 heterocycles. The Kier molecular flexibility index (Phi) is 11.2. The zero-order valence-corrected chi connectivity index (χ0v) is 32.7. The molecule has 1 atom stereocenters. The second-order valence-electron chi connectivity index (χ2n) is 15.9. The number of nitrogens with one attached hydrogen (secondary N) is 1. The van der Waals surface area contributed by atoms with Gasteiger partial charge in [0.25, 0.3) is 5.56 Å². The van der Waals surface area contributed by atoms with Crippen molar-refractivity contribution in [2.24, 2.45) is 7.05 Å². The van der Waals surface area contributed by atoms with Gasteiger partial charge in [0.15, 0.2) is 22.5 Å². The van der Waals surface area contributed by atoms with Gasteiger partial charge in [-0.25, -0.2) is 19.0 Å². The van der Waals surface area contributed by atoms with E-state index in [1.165, 1.54) is 22.2 Å². The van der Waals surface area contributed by atoms with Crippen LogP contribution in [-0.4, -0.2) is 74.5 Å². The largest absolute Gasteiger partial charge is 0.444 e. The minimum atomic E-state index is -1.34. The topological polar surface area (TPSA) is 165 Å². The maximum atomic E-state index is 14.2. The molecule has 0 radical (unpaired) electrons. The molecule has 282 valence electrons. The Labute approximate surface area is 302 Å². The minimum absolute atomic E-state index is 0.0303. The summed E-state index contributed by atoms with van der Waals surface area (Å²) in [5, 5.41) is 2.95. The first kappa shape index (κ1) is 38.5. The number of ketones is 1. The molecule has 1 saturated heterocycles. The van der Waals surface area contributed by atoms with Gasteiger partial charge in [-0.15, -0.1) is 0 Å². The number of aryl methyl sites for hydroxylation is 1. The highest BCUT2D eigenvalue weighted by atomic mass is 28.3. The number of carbonyl (C=O) groups is 2. The number of hydrogen-bond acceptors (Lipinski definition) is 10. The number of allylic oxidation sites excluding steroid dienone is 2. The molecule has 15 nitrogen and oxygen atoms in total. The van der Waals surface area contributed by atoms with Gasteiger partial charge < -0.3 is 28.7 Å². The number of hydrogen-bond donors (Lipinski definition) is 1. The van der Waals surface area contributed by atoms with E-state index in [0.29, 0.717) is 31.2 Å². The third-order valence-electron chi connectivity index (χ3n) is 8.83. The average molecular weight is 738 g/mol. The average Bonchev–Trinajstić information content (AvgIpc) is 3.59. The fourth-order valence-electron chi connectivity index (χ4n) is 6.13. The second kappa shape index (κ2) is 15.1. The fraction of sp³-hybridized carbons (Fsp3) is 0.556. The lowest BCUT2D eigenvalue weighted by atomic mass is 10.1. The lowest BCUT2D eigenvalue weighted by Crippen LogP contribution is -2.49. The summed E-state index contributed by atoms with van der Waals surface area (Å²) in [7, 11) is 0.173. The molecule has 0 saturated carbocycles. The molecule has 16 heteroatoms. The first-order valence-corrected chi connectivity index (χ1v) is 21.4. The number of nitrogens with zero attached hydrogens (tertiary/aromatic N) is 6. The van der Waals surface area contributed by atoms with Crippen LogP contribution in [0.25, 0.3) is 22.3 Å². The van der Waals surface area contributed by atoms with Crippen LogP contribution in [0, 0.1) is 0 Å². The minimum Gasteiger partial charge on any atom is -0.444 e. The number of anilines is 1. The van der Waals surface area contributed by atoms with Crippen LogP contribution >= 0.6 is 0 Å². The number of fused-ring (bicyclic) bond motifs is 2. The summed E-state index contributed by atoms with van der Waals surface area (Å²) in [6.07, 6.45) is 2.93. The maximum absolute atomic E-state index is 14.2. The van der Waals surface area contributed by atoms with Crippen LogP contribution in [-0.2, 0) is 36.3 Å². The monoisotopic (exact) mass is 737 g/mol. The zero-order chi connectivity index (χ0) is 38.1. The summed E-state index contributed by atoms with van der Waals surface area (Å²) < 4.78 is 22.0. The third-order valence-corrected chi connectivity index (χ3v) is 10.5. The SMILES string of the molecule is CC(C)=CCn1c(N2CCCC(NC(=O)OC(C)(C)C)C2)nc2c1c(=O)n(CC(=O)c1cccc3c1oc(=O)n3COCC[Si](C)(C)C)c(=O)n2C. The molecule has 1 aliphatic rings. The van der Waals surface area contributed by atoms with Gasteiger partial charge in [0.1, 0.15) is 12.3 Å². The molecule has 5 rings (SSSR count). The standard InChI is InChI=1S/C36H51N7O8Si/c1-23(2)15-17-41-28-30(38-32(41)40-16-11-12-24(20-40)37-33(46)51-36(3,4)5)39(6)34(47)42(31(28)45)21-27(44)25-13-10-14-26-29(25)50-35(48)43(26)22-49-18-19-52(7,8)9/h10,13-15,24H,11-12,16-22H2,1-9H3,(H,37,46). The Morgan fingerprint density at radius 2 is 1.83 bits per heavy atom. The van der Waals surface area contributed by atoms with Gasteiger partial charge in [-0.2, -0.15) is 4.98 Å². The number of oxazole rings is 1. The van der Waals surface area contributed by atoms with Crippen molar-refractivity contribution in [1.29, 1.82) is 0 Å². The molecule has 3 aromatic heterocycles. The summed E-state index contributed by atoms with van der Waals surface area (Å²) in [6.45, 7) is 17.2. The summed E-state index contributed by atoms with van der Waals surface area (Å²) in [6, 6.07) is 5.49. The number of aromatic nitrogens is 5. The number of para-hydroxylation sites is 1. The summed E-state index contributed by atoms with van der Waals surface area (Å²) in [5.74, 6) is -0.776. The molecule has 1 fully saturated rings. The summed E-state index contributed by atoms with van der Waals surface area (Å²) in [5.41, 5.74) is -0.162. The number of alkyl carbamates (subject to hydrolysis) is 1. The lowest BCUT2D eigenvalue weighted by molar-refractivity contribution is 0.0499. The van der Waals surface area contributed by atoms with Gasteiger partial charge in [-0.3, -0.25) is 18.7 Å². The zero-order valence-electron chi connectivity index (χ0n) is 31.7. The molecule has 1 unspecified atom stereocenters. The van der Waals surface area contributed by atoms with Gasteiger partial charge in [-0.05, 0) is 65.6 Å². The first-order chi connectivity index (χ1) is 24.3. The summed E-state index contributed by atoms with van der Waals surface area (Å²) in [4.78, 5) is 74.0. The summed E-state index contributed by atoms with van der Waals surface area (Å²) >= 11 is 0. The molecule has 52 heavy (non-hydrogen) atoms. The predicted molar refractivity (Wildman–Crippen MR) is 202 cm³/mol. The molecule has 1 aliphatic heterocycles. The van der Waals surface area contributed by atoms with Crippen LogP contribution in [0.1, 0.15) is 57.8 Å². The number of ether oxygens (including phenoxy) is 2. The number of Topliss-reactive ketones (excluding diaryl/α,β-unsaturated/α-hetero) is 1. The number of carbonyl (C=O) groups excluding carboxylic acids is 2. The van der Waals surface area contributed by atoms with E-state index in [4.69, 9.17) is 18.9 Å². The van der Waals surface area contributed by atoms with Gasteiger partial charge in [0, 0.05) is 47.4 Å². The van der Waals surface area contributed by atoms with E-state index < -0.39 is 49.1 Å². The Bertz CT molecular complexity index is 2190. The maximum Gasteiger partial charge on any atom is 0.421 e. The van der Waals surface area contributed by atoms with Crippen molar-refractivity contribution in [3.8, 4) is 0 Å². The molecular weight excluding hydrogens is 687 g/mol. The van der Waals surface area contributed by atoms with Gasteiger partial charge in [0.05, 0.1) is 17.6 Å². The highest BCUT2D eigenvalue weighted by Gasteiger charge is 2.30. The van der Waals surface area contributed by atoms with Gasteiger partial charge in [-0.1, -0.05) is 37.4 Å². The Morgan fingerprint density at radius 1 is 1.10 bits per heavy atom. The molecular formula is C36H51N7O8Si. The fourth-order valence-corrected chi connectivity index (χ4v) is 6.89. The van der Waals surface area contributed by atoms with Crippen LogP contribution < -0.4 is 27.2 Å². The van der Waals surface area contributed by atoms with Gasteiger partial charge >= 0.3 is 17.5 Å². The van der Waals surface area contributed by atoms with Crippen molar-refractivity contribution in [3.63, 3.8) is 0 Å². The Hall–Kier alpha value is -4.70. The number of rotatable bonds is 12. The van der Waals surface area contributed by atoms with E-state index in [9.17, 15) is 24.0 Å². The number of piperidine rings is 1. The molecule has 1 amide bonds. The number of amides is 1. The highest BCUT2D eigenvalue weighted by molar-refractivity contribution is 6.76.